The van der Waals surface area contributed by atoms with E-state index >= 15 is 0 Å². The molecule has 2 saturated heterocycles. The molecule has 1 aliphatic carbocycles. The minimum absolute atomic E-state index is 0.180. The summed E-state index contributed by atoms with van der Waals surface area (Å²) >= 11 is 0. The van der Waals surface area contributed by atoms with Gasteiger partial charge in [-0.1, -0.05) is 24.3 Å². The van der Waals surface area contributed by atoms with Gasteiger partial charge in [-0.2, -0.15) is 0 Å². The molecule has 6 rings (SSSR count). The number of aromatic nitrogens is 4. The first-order chi connectivity index (χ1) is 15.3. The van der Waals surface area contributed by atoms with Gasteiger partial charge in [0.25, 0.3) is 0 Å². The normalized spacial score (nSPS) is 29.1. The fraction of sp³-hybridized carbons (Fsp3) is 0.409. The molecule has 0 saturated carbocycles. The lowest BCUT2D eigenvalue weighted by molar-refractivity contribution is -0.197. The predicted octanol–water partition coefficient (Wildman–Crippen LogP) is 1.91. The first kappa shape index (κ1) is 19.5. The van der Waals surface area contributed by atoms with Crippen molar-refractivity contribution in [3.63, 3.8) is 0 Å². The van der Waals surface area contributed by atoms with Gasteiger partial charge in [-0.15, -0.1) is 0 Å². The summed E-state index contributed by atoms with van der Waals surface area (Å²) in [5.41, 5.74) is 7.83. The van der Waals surface area contributed by atoms with E-state index in [-0.39, 0.29) is 23.8 Å². The number of nitrogens with zero attached hydrogens (tertiary/aromatic N) is 4. The van der Waals surface area contributed by atoms with Crippen LogP contribution in [-0.4, -0.2) is 55.2 Å². The minimum atomic E-state index is -0.841. The van der Waals surface area contributed by atoms with Crippen molar-refractivity contribution in [1.82, 2.24) is 19.5 Å². The molecule has 10 nitrogen and oxygen atoms in total. The van der Waals surface area contributed by atoms with Gasteiger partial charge in [-0.3, -0.25) is 14.2 Å². The van der Waals surface area contributed by atoms with Gasteiger partial charge >= 0.3 is 0 Å². The molecular formula is C22H21N5O5. The van der Waals surface area contributed by atoms with Crippen molar-refractivity contribution < 1.29 is 23.8 Å². The first-order valence-electron chi connectivity index (χ1n) is 10.5. The Bertz CT molecular complexity index is 1240. The number of Topliss-reactive ketones (excluding diaryl/α,β-unsaturated/α-hetero) is 2. The largest absolute Gasteiger partial charge is 0.382 e. The Balaban J connectivity index is 1.34. The molecule has 0 spiro atoms. The van der Waals surface area contributed by atoms with Gasteiger partial charge in [0, 0.05) is 11.1 Å². The molecule has 2 fully saturated rings. The van der Waals surface area contributed by atoms with Crippen LogP contribution in [0.5, 0.6) is 0 Å². The summed E-state index contributed by atoms with van der Waals surface area (Å²) in [5, 5.41) is 0. The summed E-state index contributed by atoms with van der Waals surface area (Å²) in [5.74, 6) is -1.74. The Morgan fingerprint density at radius 3 is 2.44 bits per heavy atom. The lowest BCUT2D eigenvalue weighted by atomic mass is 9.93. The van der Waals surface area contributed by atoms with Crippen molar-refractivity contribution in [3.05, 3.63) is 48.0 Å². The number of anilines is 1. The van der Waals surface area contributed by atoms with E-state index in [0.717, 1.165) is 0 Å². The first-order valence-corrected chi connectivity index (χ1v) is 10.5. The fourth-order valence-electron chi connectivity index (χ4n) is 4.98. The maximum Gasteiger partial charge on any atom is 0.174 e. The number of fused-ring (bicyclic) bond motifs is 3. The van der Waals surface area contributed by atoms with Crippen LogP contribution in [0.3, 0.4) is 0 Å². The predicted molar refractivity (Wildman–Crippen MR) is 111 cm³/mol. The van der Waals surface area contributed by atoms with E-state index in [0.29, 0.717) is 22.3 Å². The molecule has 4 heterocycles. The second-order valence-corrected chi connectivity index (χ2v) is 8.78. The average Bonchev–Trinajstić information content (AvgIpc) is 3.47. The lowest BCUT2D eigenvalue weighted by Crippen LogP contribution is -2.33. The highest BCUT2D eigenvalue weighted by atomic mass is 16.8. The van der Waals surface area contributed by atoms with Crippen LogP contribution in [-0.2, 0) is 14.2 Å². The van der Waals surface area contributed by atoms with Crippen molar-refractivity contribution >= 4 is 28.5 Å². The molecule has 32 heavy (non-hydrogen) atoms. The summed E-state index contributed by atoms with van der Waals surface area (Å²) in [6, 6.07) is 6.91. The van der Waals surface area contributed by atoms with E-state index in [9.17, 15) is 9.59 Å². The van der Waals surface area contributed by atoms with Gasteiger partial charge in [0.1, 0.15) is 24.1 Å². The number of hydrogen-bond donors (Lipinski definition) is 1. The third kappa shape index (κ3) is 2.73. The molecule has 10 heteroatoms. The van der Waals surface area contributed by atoms with Crippen molar-refractivity contribution in [1.29, 1.82) is 0 Å². The van der Waals surface area contributed by atoms with Crippen molar-refractivity contribution in [3.8, 4) is 0 Å². The average molecular weight is 435 g/mol. The summed E-state index contributed by atoms with van der Waals surface area (Å²) in [6.07, 6.45) is 1.07. The third-order valence-corrected chi connectivity index (χ3v) is 6.35. The summed E-state index contributed by atoms with van der Waals surface area (Å²) in [7, 11) is 0. The molecular weight excluding hydrogens is 414 g/mol. The lowest BCUT2D eigenvalue weighted by Gasteiger charge is -2.25. The van der Waals surface area contributed by atoms with Crippen LogP contribution < -0.4 is 5.73 Å². The number of benzene rings is 1. The SMILES string of the molecule is CC1(C)OC2[C@H](n3cnc4c(N)ncnc43)O[C@H](CC3C(=O)c4ccccc4C3=O)[C@H]2O1. The van der Waals surface area contributed by atoms with Crippen LogP contribution in [0, 0.1) is 5.92 Å². The second kappa shape index (κ2) is 6.64. The zero-order valence-electron chi connectivity index (χ0n) is 17.5. The zero-order chi connectivity index (χ0) is 22.2. The monoisotopic (exact) mass is 435 g/mol. The summed E-state index contributed by atoms with van der Waals surface area (Å²) in [4.78, 5) is 38.5. The van der Waals surface area contributed by atoms with Crippen LogP contribution in [0.15, 0.2) is 36.9 Å². The van der Waals surface area contributed by atoms with E-state index in [1.165, 1.54) is 6.33 Å². The number of rotatable bonds is 3. The van der Waals surface area contributed by atoms with E-state index < -0.39 is 36.2 Å². The van der Waals surface area contributed by atoms with Gasteiger partial charge in [0.15, 0.2) is 35.0 Å². The van der Waals surface area contributed by atoms with Gasteiger partial charge in [0.2, 0.25) is 0 Å². The van der Waals surface area contributed by atoms with E-state index in [2.05, 4.69) is 15.0 Å². The Kier molecular flexibility index (Phi) is 4.04. The topological polar surface area (TPSA) is 131 Å². The number of ketones is 2. The number of hydrogen-bond acceptors (Lipinski definition) is 9. The highest BCUT2D eigenvalue weighted by Crippen LogP contribution is 2.46. The quantitative estimate of drug-likeness (QED) is 0.613. The van der Waals surface area contributed by atoms with Crippen molar-refractivity contribution in [2.24, 2.45) is 5.92 Å². The number of nitrogen functional groups attached to an aromatic ring is 1. The van der Waals surface area contributed by atoms with E-state index in [1.807, 2.05) is 13.8 Å². The number of imidazole rings is 1. The molecule has 3 aliphatic rings. The van der Waals surface area contributed by atoms with Crippen LogP contribution in [0.2, 0.25) is 0 Å². The smallest absolute Gasteiger partial charge is 0.174 e. The van der Waals surface area contributed by atoms with E-state index in [1.54, 1.807) is 35.2 Å². The van der Waals surface area contributed by atoms with Crippen molar-refractivity contribution in [2.45, 2.75) is 50.6 Å². The molecule has 2 N–H and O–H groups in total. The maximum atomic E-state index is 12.9. The van der Waals surface area contributed by atoms with Crippen molar-refractivity contribution in [2.75, 3.05) is 5.73 Å². The highest BCUT2D eigenvalue weighted by molar-refractivity contribution is 6.26. The molecule has 2 aromatic heterocycles. The third-order valence-electron chi connectivity index (χ3n) is 6.35. The molecule has 4 atom stereocenters. The number of carbonyl (C=O) groups excluding carboxylic acids is 2. The molecule has 2 aliphatic heterocycles. The Morgan fingerprint density at radius 2 is 1.72 bits per heavy atom. The van der Waals surface area contributed by atoms with E-state index in [4.69, 9.17) is 19.9 Å². The number of carbonyl (C=O) groups is 2. The molecule has 1 unspecified atom stereocenters. The van der Waals surface area contributed by atoms with Crippen LogP contribution in [0.25, 0.3) is 11.2 Å². The Labute approximate surface area is 182 Å². The minimum Gasteiger partial charge on any atom is -0.382 e. The molecule has 0 bridgehead atoms. The molecule has 164 valence electrons. The van der Waals surface area contributed by atoms with Crippen LogP contribution in [0.1, 0.15) is 47.2 Å². The second-order valence-electron chi connectivity index (χ2n) is 8.78. The highest BCUT2D eigenvalue weighted by Gasteiger charge is 2.57. The summed E-state index contributed by atoms with van der Waals surface area (Å²) < 4.78 is 20.4. The summed E-state index contributed by atoms with van der Waals surface area (Å²) in [6.45, 7) is 3.65. The number of ether oxygens (including phenoxy) is 3. The molecule has 3 aromatic rings. The van der Waals surface area contributed by atoms with Crippen LogP contribution >= 0.6 is 0 Å². The van der Waals surface area contributed by atoms with Crippen LogP contribution in [0.4, 0.5) is 5.82 Å². The molecule has 1 aromatic carbocycles. The fourth-order valence-corrected chi connectivity index (χ4v) is 4.98. The maximum absolute atomic E-state index is 12.9. The standard InChI is InChI=1S/C22H21N5O5/c1-22(2)31-17-13(7-12-15(28)10-5-3-4-6-11(10)16(12)29)30-21(18(17)32-22)27-9-26-14-19(23)24-8-25-20(14)27/h3-6,8-9,12-13,17-18,21H,7H2,1-2H3,(H2,23,24,25)/t13-,17-,18?,21-/m1/s1. The van der Waals surface area contributed by atoms with Gasteiger partial charge in [-0.25, -0.2) is 15.0 Å². The molecule has 0 amide bonds. The number of nitrogens with two attached hydrogens (primary N) is 1. The van der Waals surface area contributed by atoms with Gasteiger partial charge in [-0.05, 0) is 20.3 Å². The zero-order valence-corrected chi connectivity index (χ0v) is 17.5. The van der Waals surface area contributed by atoms with Gasteiger partial charge < -0.3 is 19.9 Å². The Hall–Kier alpha value is -3.21. The van der Waals surface area contributed by atoms with Gasteiger partial charge in [0.05, 0.1) is 18.3 Å². The Morgan fingerprint density at radius 1 is 1.03 bits per heavy atom. The molecule has 0 radical (unpaired) electrons.